The zero-order chi connectivity index (χ0) is 14.5. The number of nitrogens with zero attached hydrogens (tertiary/aromatic N) is 2. The summed E-state index contributed by atoms with van der Waals surface area (Å²) in [5.74, 6) is -0.0400. The van der Waals surface area contributed by atoms with Crippen LogP contribution in [0.15, 0.2) is 30.6 Å². The normalized spacial score (nSPS) is 10.1. The van der Waals surface area contributed by atoms with E-state index in [-0.39, 0.29) is 5.69 Å². The Balaban J connectivity index is 2.17. The van der Waals surface area contributed by atoms with Crippen LogP contribution in [0.2, 0.25) is 0 Å². The van der Waals surface area contributed by atoms with Gasteiger partial charge in [-0.3, -0.25) is 4.98 Å². The van der Waals surface area contributed by atoms with Crippen molar-refractivity contribution in [3.8, 4) is 0 Å². The summed E-state index contributed by atoms with van der Waals surface area (Å²) in [6, 6.07) is 5.08. The van der Waals surface area contributed by atoms with Crippen molar-refractivity contribution in [1.29, 1.82) is 0 Å². The molecule has 0 unspecified atom stereocenters. The zero-order valence-electron chi connectivity index (χ0n) is 11.4. The first-order valence-corrected chi connectivity index (χ1v) is 6.10. The van der Waals surface area contributed by atoms with Crippen LogP contribution in [0.1, 0.15) is 21.6 Å². The molecule has 2 aromatic heterocycles. The van der Waals surface area contributed by atoms with Gasteiger partial charge in [-0.25, -0.2) is 9.78 Å². The molecule has 2 rings (SSSR count). The first-order valence-electron chi connectivity index (χ1n) is 6.10. The SMILES string of the molecule is COC(=O)c1ccc(N)c(NCc2cnccc2C)n1. The number of nitrogens with two attached hydrogens (primary N) is 1. The maximum atomic E-state index is 11.4. The molecule has 0 atom stereocenters. The number of nitrogens with one attached hydrogen (secondary N) is 1. The van der Waals surface area contributed by atoms with Crippen molar-refractivity contribution in [2.75, 3.05) is 18.2 Å². The molecule has 0 fully saturated rings. The lowest BCUT2D eigenvalue weighted by Crippen LogP contribution is -2.10. The minimum absolute atomic E-state index is 0.215. The van der Waals surface area contributed by atoms with E-state index in [0.717, 1.165) is 11.1 Å². The molecule has 0 aliphatic heterocycles. The molecule has 0 amide bonds. The quantitative estimate of drug-likeness (QED) is 0.824. The zero-order valence-corrected chi connectivity index (χ0v) is 11.4. The highest BCUT2D eigenvalue weighted by atomic mass is 16.5. The molecule has 0 aliphatic carbocycles. The molecule has 2 heterocycles. The second kappa shape index (κ2) is 6.01. The van der Waals surface area contributed by atoms with Gasteiger partial charge >= 0.3 is 5.97 Å². The van der Waals surface area contributed by atoms with Gasteiger partial charge in [0.1, 0.15) is 5.82 Å². The highest BCUT2D eigenvalue weighted by Gasteiger charge is 2.10. The van der Waals surface area contributed by atoms with Gasteiger partial charge in [0.25, 0.3) is 0 Å². The summed E-state index contributed by atoms with van der Waals surface area (Å²) in [6.45, 7) is 2.53. The number of aryl methyl sites for hydroxylation is 1. The molecule has 0 aliphatic rings. The van der Waals surface area contributed by atoms with E-state index in [0.29, 0.717) is 18.1 Å². The fourth-order valence-electron chi connectivity index (χ4n) is 1.69. The van der Waals surface area contributed by atoms with E-state index in [9.17, 15) is 4.79 Å². The van der Waals surface area contributed by atoms with Crippen LogP contribution in [0, 0.1) is 6.92 Å². The maximum Gasteiger partial charge on any atom is 0.356 e. The number of anilines is 2. The number of carbonyl (C=O) groups excluding carboxylic acids is 1. The minimum Gasteiger partial charge on any atom is -0.464 e. The van der Waals surface area contributed by atoms with Crippen molar-refractivity contribution in [2.24, 2.45) is 0 Å². The first kappa shape index (κ1) is 13.8. The Morgan fingerprint density at radius 3 is 2.90 bits per heavy atom. The number of ether oxygens (including phenoxy) is 1. The number of carbonyl (C=O) groups is 1. The van der Waals surface area contributed by atoms with Crippen molar-refractivity contribution in [2.45, 2.75) is 13.5 Å². The lowest BCUT2D eigenvalue weighted by molar-refractivity contribution is 0.0594. The van der Waals surface area contributed by atoms with Gasteiger partial charge in [0.15, 0.2) is 5.69 Å². The summed E-state index contributed by atoms with van der Waals surface area (Å²) in [5.41, 5.74) is 8.69. The number of nitrogen functional groups attached to an aromatic ring is 1. The van der Waals surface area contributed by atoms with Crippen molar-refractivity contribution >= 4 is 17.5 Å². The minimum atomic E-state index is -0.495. The van der Waals surface area contributed by atoms with E-state index < -0.39 is 5.97 Å². The van der Waals surface area contributed by atoms with Crippen LogP contribution < -0.4 is 11.1 Å². The second-order valence-electron chi connectivity index (χ2n) is 4.28. The van der Waals surface area contributed by atoms with Gasteiger partial charge in [-0.15, -0.1) is 0 Å². The van der Waals surface area contributed by atoms with E-state index in [4.69, 9.17) is 5.73 Å². The van der Waals surface area contributed by atoms with Gasteiger partial charge in [-0.05, 0) is 36.2 Å². The third-order valence-corrected chi connectivity index (χ3v) is 2.91. The van der Waals surface area contributed by atoms with E-state index in [2.05, 4.69) is 20.0 Å². The third-order valence-electron chi connectivity index (χ3n) is 2.91. The topological polar surface area (TPSA) is 90.1 Å². The van der Waals surface area contributed by atoms with Gasteiger partial charge in [-0.1, -0.05) is 0 Å². The summed E-state index contributed by atoms with van der Waals surface area (Å²) >= 11 is 0. The number of aromatic nitrogens is 2. The molecule has 0 saturated carbocycles. The third kappa shape index (κ3) is 3.03. The summed E-state index contributed by atoms with van der Waals surface area (Å²) in [5, 5.41) is 3.11. The van der Waals surface area contributed by atoms with E-state index in [1.165, 1.54) is 13.2 Å². The molecule has 3 N–H and O–H groups in total. The summed E-state index contributed by atoms with van der Waals surface area (Å²) < 4.78 is 4.63. The van der Waals surface area contributed by atoms with E-state index in [1.807, 2.05) is 13.0 Å². The van der Waals surface area contributed by atoms with Crippen molar-refractivity contribution in [1.82, 2.24) is 9.97 Å². The molecular weight excluding hydrogens is 256 g/mol. The molecule has 0 aromatic carbocycles. The van der Waals surface area contributed by atoms with Crippen LogP contribution in [-0.2, 0) is 11.3 Å². The first-order chi connectivity index (χ1) is 9.61. The summed E-state index contributed by atoms with van der Waals surface area (Å²) in [4.78, 5) is 19.7. The fraction of sp³-hybridized carbons (Fsp3) is 0.214. The predicted molar refractivity (Wildman–Crippen MR) is 76.3 cm³/mol. The monoisotopic (exact) mass is 272 g/mol. The standard InChI is InChI=1S/C14H16N4O2/c1-9-5-6-16-7-10(9)8-17-13-11(15)3-4-12(18-13)14(19)20-2/h3-7H,8,15H2,1-2H3,(H,17,18). The fourth-order valence-corrected chi connectivity index (χ4v) is 1.69. The molecular formula is C14H16N4O2. The highest BCUT2D eigenvalue weighted by molar-refractivity contribution is 5.88. The second-order valence-corrected chi connectivity index (χ2v) is 4.28. The molecule has 0 saturated heterocycles. The molecule has 6 heteroatoms. The van der Waals surface area contributed by atoms with Crippen LogP contribution in [0.3, 0.4) is 0 Å². The van der Waals surface area contributed by atoms with Crippen LogP contribution in [0.5, 0.6) is 0 Å². The van der Waals surface area contributed by atoms with Gasteiger partial charge in [0.2, 0.25) is 0 Å². The highest BCUT2D eigenvalue weighted by Crippen LogP contribution is 2.17. The molecule has 6 nitrogen and oxygen atoms in total. The number of methoxy groups -OCH3 is 1. The number of esters is 1. The Morgan fingerprint density at radius 1 is 1.40 bits per heavy atom. The Bertz CT molecular complexity index is 628. The van der Waals surface area contributed by atoms with Crippen molar-refractivity contribution < 1.29 is 9.53 Å². The molecule has 104 valence electrons. The van der Waals surface area contributed by atoms with Gasteiger partial charge in [0, 0.05) is 18.9 Å². The molecule has 0 bridgehead atoms. The largest absolute Gasteiger partial charge is 0.464 e. The average Bonchev–Trinajstić information content (AvgIpc) is 2.47. The average molecular weight is 272 g/mol. The predicted octanol–water partition coefficient (Wildman–Crippen LogP) is 1.77. The summed E-state index contributed by atoms with van der Waals surface area (Å²) in [7, 11) is 1.31. The van der Waals surface area contributed by atoms with Crippen LogP contribution in [-0.4, -0.2) is 23.0 Å². The lowest BCUT2D eigenvalue weighted by atomic mass is 10.1. The number of hydrogen-bond acceptors (Lipinski definition) is 6. The van der Waals surface area contributed by atoms with E-state index >= 15 is 0 Å². The van der Waals surface area contributed by atoms with Gasteiger partial charge in [-0.2, -0.15) is 0 Å². The lowest BCUT2D eigenvalue weighted by Gasteiger charge is -2.10. The Labute approximate surface area is 117 Å². The molecule has 0 spiro atoms. The maximum absolute atomic E-state index is 11.4. The van der Waals surface area contributed by atoms with E-state index in [1.54, 1.807) is 18.5 Å². The Kier molecular flexibility index (Phi) is 4.14. The number of rotatable bonds is 4. The van der Waals surface area contributed by atoms with Crippen molar-refractivity contribution in [3.05, 3.63) is 47.4 Å². The van der Waals surface area contributed by atoms with Gasteiger partial charge < -0.3 is 15.8 Å². The Morgan fingerprint density at radius 2 is 2.20 bits per heavy atom. The molecule has 20 heavy (non-hydrogen) atoms. The van der Waals surface area contributed by atoms with Crippen LogP contribution >= 0.6 is 0 Å². The van der Waals surface area contributed by atoms with Crippen LogP contribution in [0.25, 0.3) is 0 Å². The molecule has 2 aromatic rings. The number of hydrogen-bond donors (Lipinski definition) is 2. The Hall–Kier alpha value is -2.63. The summed E-state index contributed by atoms with van der Waals surface area (Å²) in [6.07, 6.45) is 3.52. The van der Waals surface area contributed by atoms with Gasteiger partial charge in [0.05, 0.1) is 12.8 Å². The van der Waals surface area contributed by atoms with Crippen molar-refractivity contribution in [3.63, 3.8) is 0 Å². The number of pyridine rings is 2. The van der Waals surface area contributed by atoms with Crippen LogP contribution in [0.4, 0.5) is 11.5 Å². The molecule has 0 radical (unpaired) electrons. The smallest absolute Gasteiger partial charge is 0.356 e.